The van der Waals surface area contributed by atoms with Gasteiger partial charge in [0.2, 0.25) is 11.6 Å². The number of carbonyl (C=O) groups is 3. The zero-order chi connectivity index (χ0) is 23.5. The molecule has 2 aromatic rings. The Morgan fingerprint density at radius 3 is 2.03 bits per heavy atom. The lowest BCUT2D eigenvalue weighted by Gasteiger charge is -2.24. The van der Waals surface area contributed by atoms with Crippen LogP contribution in [0.15, 0.2) is 24.3 Å². The Morgan fingerprint density at radius 1 is 0.939 bits per heavy atom. The Hall–Kier alpha value is -3.43. The summed E-state index contributed by atoms with van der Waals surface area (Å²) in [5.74, 6) is -1.56. The highest BCUT2D eigenvalue weighted by Crippen LogP contribution is 2.42. The van der Waals surface area contributed by atoms with Crippen LogP contribution in [0.1, 0.15) is 57.5 Å². The topological polar surface area (TPSA) is 154 Å². The minimum absolute atomic E-state index is 0.0163. The molecule has 0 saturated carbocycles. The van der Waals surface area contributed by atoms with Gasteiger partial charge < -0.3 is 31.9 Å². The molecule has 1 heterocycles. The van der Waals surface area contributed by atoms with Gasteiger partial charge in [0.15, 0.2) is 0 Å². The molecule has 1 saturated heterocycles. The molecule has 4 rings (SSSR count). The van der Waals surface area contributed by atoms with Gasteiger partial charge in [-0.25, -0.2) is 0 Å². The minimum Gasteiger partial charge on any atom is -0.507 e. The maximum atomic E-state index is 13.4. The van der Waals surface area contributed by atoms with Gasteiger partial charge in [0.25, 0.3) is 0 Å². The lowest BCUT2D eigenvalue weighted by atomic mass is 9.81. The number of anilines is 2. The monoisotopic (exact) mass is 452 g/mol. The molecule has 0 spiro atoms. The van der Waals surface area contributed by atoms with Gasteiger partial charge in [0, 0.05) is 37.4 Å². The lowest BCUT2D eigenvalue weighted by Crippen LogP contribution is -2.30. The molecule has 9 heteroatoms. The third-order valence-electron chi connectivity index (χ3n) is 6.10. The number of Topliss-reactive ketones (excluding diaryl/α,β-unsaturated/α-hetero) is 1. The summed E-state index contributed by atoms with van der Waals surface area (Å²) in [4.78, 5) is 39.0. The number of nitrogens with one attached hydrogen (secondary N) is 3. The van der Waals surface area contributed by atoms with Crippen molar-refractivity contribution in [3.63, 3.8) is 0 Å². The largest absolute Gasteiger partial charge is 0.507 e. The van der Waals surface area contributed by atoms with E-state index in [2.05, 4.69) is 16.0 Å². The van der Waals surface area contributed by atoms with Crippen molar-refractivity contribution in [1.29, 1.82) is 0 Å². The number of phenolic OH excluding ortho intramolecular Hbond substituents is 2. The predicted molar refractivity (Wildman–Crippen MR) is 124 cm³/mol. The average molecular weight is 453 g/mol. The van der Waals surface area contributed by atoms with Gasteiger partial charge in [-0.05, 0) is 50.1 Å². The van der Waals surface area contributed by atoms with Crippen LogP contribution >= 0.6 is 0 Å². The van der Waals surface area contributed by atoms with Crippen LogP contribution in [0.25, 0.3) is 0 Å². The number of benzene rings is 2. The number of fused-ring (bicyclic) bond motifs is 2. The van der Waals surface area contributed by atoms with E-state index in [1.807, 2.05) is 0 Å². The second-order valence-corrected chi connectivity index (χ2v) is 8.28. The molecular weight excluding hydrogens is 424 g/mol. The zero-order valence-corrected chi connectivity index (χ0v) is 18.2. The standard InChI is InChI=1S/C24H28N4O5/c25-9-12-28-15-6-8-18(31)22-20(15)24(33)21-17(30)7-5-14(19(21)23(22)32)27-11-2-4-16(29)13-3-1-10-26-13/h5-8,13,26-28,30-31H,1-4,9-12,25H2. The fourth-order valence-electron chi connectivity index (χ4n) is 4.49. The molecule has 2 aliphatic rings. The number of hydrogen-bond acceptors (Lipinski definition) is 9. The van der Waals surface area contributed by atoms with Crippen LogP contribution in [-0.2, 0) is 4.79 Å². The van der Waals surface area contributed by atoms with Crippen LogP contribution in [0, 0.1) is 0 Å². The summed E-state index contributed by atoms with van der Waals surface area (Å²) < 4.78 is 0. The van der Waals surface area contributed by atoms with Crippen LogP contribution in [0.5, 0.6) is 11.5 Å². The van der Waals surface area contributed by atoms with E-state index in [-0.39, 0.29) is 45.6 Å². The highest BCUT2D eigenvalue weighted by atomic mass is 16.3. The Labute approximate surface area is 191 Å². The molecule has 1 fully saturated rings. The maximum absolute atomic E-state index is 13.4. The first kappa shape index (κ1) is 22.8. The first-order valence-corrected chi connectivity index (χ1v) is 11.2. The fraction of sp³-hybridized carbons (Fsp3) is 0.375. The van der Waals surface area contributed by atoms with E-state index in [1.54, 1.807) is 0 Å². The normalized spacial score (nSPS) is 16.9. The fourth-order valence-corrected chi connectivity index (χ4v) is 4.49. The van der Waals surface area contributed by atoms with E-state index in [9.17, 15) is 24.6 Å². The molecule has 2 aromatic carbocycles. The van der Waals surface area contributed by atoms with Crippen molar-refractivity contribution in [2.24, 2.45) is 5.73 Å². The second-order valence-electron chi connectivity index (χ2n) is 8.28. The summed E-state index contributed by atoms with van der Waals surface area (Å²) in [7, 11) is 0. The smallest absolute Gasteiger partial charge is 0.200 e. The van der Waals surface area contributed by atoms with E-state index in [1.165, 1.54) is 24.3 Å². The molecule has 7 N–H and O–H groups in total. The highest BCUT2D eigenvalue weighted by molar-refractivity contribution is 6.33. The summed E-state index contributed by atoms with van der Waals surface area (Å²) in [5.41, 5.74) is 6.10. The minimum atomic E-state index is -0.557. The molecule has 33 heavy (non-hydrogen) atoms. The van der Waals surface area contributed by atoms with Crippen molar-refractivity contribution in [2.75, 3.05) is 36.8 Å². The Bertz CT molecular complexity index is 1110. The quantitative estimate of drug-likeness (QED) is 0.210. The second kappa shape index (κ2) is 9.60. The first-order chi connectivity index (χ1) is 15.9. The summed E-state index contributed by atoms with van der Waals surface area (Å²) in [6.45, 7) is 1.96. The van der Waals surface area contributed by atoms with E-state index in [4.69, 9.17) is 5.73 Å². The van der Waals surface area contributed by atoms with Gasteiger partial charge in [-0.1, -0.05) is 0 Å². The van der Waals surface area contributed by atoms with Crippen LogP contribution in [0.3, 0.4) is 0 Å². The van der Waals surface area contributed by atoms with Gasteiger partial charge in [-0.2, -0.15) is 0 Å². The lowest BCUT2D eigenvalue weighted by molar-refractivity contribution is -0.120. The molecule has 0 amide bonds. The van der Waals surface area contributed by atoms with Gasteiger partial charge in [0.1, 0.15) is 17.3 Å². The Balaban J connectivity index is 1.59. The zero-order valence-electron chi connectivity index (χ0n) is 18.2. The van der Waals surface area contributed by atoms with Crippen LogP contribution in [0.4, 0.5) is 11.4 Å². The Morgan fingerprint density at radius 2 is 1.52 bits per heavy atom. The molecule has 1 aliphatic carbocycles. The molecule has 174 valence electrons. The number of ketones is 3. The van der Waals surface area contributed by atoms with Crippen molar-refractivity contribution in [2.45, 2.75) is 31.7 Å². The van der Waals surface area contributed by atoms with E-state index in [0.717, 1.165) is 19.4 Å². The van der Waals surface area contributed by atoms with Crippen LogP contribution in [-0.4, -0.2) is 59.8 Å². The molecule has 9 nitrogen and oxygen atoms in total. The predicted octanol–water partition coefficient (Wildman–Crippen LogP) is 1.76. The van der Waals surface area contributed by atoms with Crippen molar-refractivity contribution < 1.29 is 24.6 Å². The van der Waals surface area contributed by atoms with Crippen molar-refractivity contribution in [3.8, 4) is 11.5 Å². The van der Waals surface area contributed by atoms with Gasteiger partial charge in [-0.3, -0.25) is 14.4 Å². The number of carbonyl (C=O) groups excluding carboxylic acids is 3. The van der Waals surface area contributed by atoms with Gasteiger partial charge in [-0.15, -0.1) is 0 Å². The highest BCUT2D eigenvalue weighted by Gasteiger charge is 2.37. The van der Waals surface area contributed by atoms with Crippen molar-refractivity contribution in [3.05, 3.63) is 46.5 Å². The third-order valence-corrected chi connectivity index (χ3v) is 6.10. The van der Waals surface area contributed by atoms with Crippen LogP contribution < -0.4 is 21.7 Å². The summed E-state index contributed by atoms with van der Waals surface area (Å²) in [6.07, 6.45) is 2.82. The summed E-state index contributed by atoms with van der Waals surface area (Å²) in [5, 5.41) is 30.2. The first-order valence-electron chi connectivity index (χ1n) is 11.2. The molecule has 1 atom stereocenters. The molecular formula is C24H28N4O5. The number of hydrogen-bond donors (Lipinski definition) is 6. The summed E-state index contributed by atoms with van der Waals surface area (Å²) >= 11 is 0. The molecule has 0 radical (unpaired) electrons. The molecule has 0 bridgehead atoms. The van der Waals surface area contributed by atoms with E-state index in [0.29, 0.717) is 43.9 Å². The number of rotatable bonds is 9. The molecule has 1 unspecified atom stereocenters. The number of phenols is 2. The van der Waals surface area contributed by atoms with Crippen molar-refractivity contribution in [1.82, 2.24) is 5.32 Å². The van der Waals surface area contributed by atoms with E-state index < -0.39 is 11.6 Å². The maximum Gasteiger partial charge on any atom is 0.200 e. The summed E-state index contributed by atoms with van der Waals surface area (Å²) in [6, 6.07) is 5.67. The Kier molecular flexibility index (Phi) is 6.62. The SMILES string of the molecule is NCCNc1ccc(O)c2c1C(=O)c1c(O)ccc(NCCCC(=O)C3CCCN3)c1C2=O. The third kappa shape index (κ3) is 4.29. The van der Waals surface area contributed by atoms with E-state index >= 15 is 0 Å². The van der Waals surface area contributed by atoms with Gasteiger partial charge in [0.05, 0.1) is 28.3 Å². The molecule has 0 aromatic heterocycles. The van der Waals surface area contributed by atoms with Crippen LogP contribution in [0.2, 0.25) is 0 Å². The molecule has 1 aliphatic heterocycles. The number of nitrogens with two attached hydrogens (primary N) is 1. The van der Waals surface area contributed by atoms with Gasteiger partial charge >= 0.3 is 0 Å². The average Bonchev–Trinajstić information content (AvgIpc) is 3.35. The van der Waals surface area contributed by atoms with Crippen molar-refractivity contribution >= 4 is 28.7 Å². The number of aromatic hydroxyl groups is 2.